The number of amides is 2. The number of nitrogens with zero attached hydrogens (tertiary/aromatic N) is 2. The van der Waals surface area contributed by atoms with E-state index in [-0.39, 0.29) is 31.1 Å². The molecular weight excluding hydrogens is 280 g/mol. The molecule has 9 heteroatoms. The molecular formula is C12H14N4O5. The van der Waals surface area contributed by atoms with Crippen molar-refractivity contribution >= 4 is 23.2 Å². The molecule has 2 amide bonds. The van der Waals surface area contributed by atoms with Crippen LogP contribution in [0, 0.1) is 10.1 Å². The molecule has 9 nitrogen and oxygen atoms in total. The highest BCUT2D eigenvalue weighted by Gasteiger charge is 2.29. The van der Waals surface area contributed by atoms with E-state index in [2.05, 4.69) is 5.32 Å². The maximum absolute atomic E-state index is 11.9. The molecule has 0 saturated carbocycles. The monoisotopic (exact) mass is 294 g/mol. The Kier molecular flexibility index (Phi) is 4.33. The van der Waals surface area contributed by atoms with Gasteiger partial charge >= 0.3 is 0 Å². The van der Waals surface area contributed by atoms with Crippen molar-refractivity contribution in [3.05, 3.63) is 28.3 Å². The third-order valence-electron chi connectivity index (χ3n) is 2.86. The van der Waals surface area contributed by atoms with E-state index in [1.165, 1.54) is 18.2 Å². The van der Waals surface area contributed by atoms with Crippen LogP contribution in [0.3, 0.4) is 0 Å². The zero-order valence-electron chi connectivity index (χ0n) is 11.1. The van der Waals surface area contributed by atoms with Crippen molar-refractivity contribution in [2.45, 2.75) is 0 Å². The summed E-state index contributed by atoms with van der Waals surface area (Å²) in [5.41, 5.74) is 5.31. The molecule has 1 aromatic carbocycles. The summed E-state index contributed by atoms with van der Waals surface area (Å²) in [6, 6.07) is 3.90. The molecule has 2 rings (SSSR count). The molecule has 0 bridgehead atoms. The van der Waals surface area contributed by atoms with E-state index < -0.39 is 16.7 Å². The minimum Gasteiger partial charge on any atom is -0.482 e. The van der Waals surface area contributed by atoms with Gasteiger partial charge in [0.2, 0.25) is 5.91 Å². The predicted molar refractivity (Wildman–Crippen MR) is 73.0 cm³/mol. The van der Waals surface area contributed by atoms with Gasteiger partial charge in [0.1, 0.15) is 12.3 Å². The van der Waals surface area contributed by atoms with Crippen LogP contribution in [-0.4, -0.2) is 43.0 Å². The van der Waals surface area contributed by atoms with Gasteiger partial charge in [-0.05, 0) is 6.07 Å². The number of ether oxygens (including phenoxy) is 1. The normalized spacial score (nSPS) is 13.4. The summed E-state index contributed by atoms with van der Waals surface area (Å²) in [5.74, 6) is -0.508. The number of carbonyl (C=O) groups excluding carboxylic acids is 2. The number of nitro groups is 1. The number of rotatable bonds is 5. The van der Waals surface area contributed by atoms with Crippen molar-refractivity contribution in [3.63, 3.8) is 0 Å². The number of nitro benzene ring substituents is 1. The molecule has 1 aliphatic heterocycles. The van der Waals surface area contributed by atoms with Crippen molar-refractivity contribution in [1.82, 2.24) is 5.32 Å². The number of benzene rings is 1. The molecule has 0 aliphatic carbocycles. The van der Waals surface area contributed by atoms with E-state index in [0.29, 0.717) is 12.3 Å². The fourth-order valence-electron chi connectivity index (χ4n) is 1.89. The highest BCUT2D eigenvalue weighted by molar-refractivity contribution is 6.02. The summed E-state index contributed by atoms with van der Waals surface area (Å²) in [6.07, 6.45) is 0. The summed E-state index contributed by atoms with van der Waals surface area (Å²) in [7, 11) is 0. The average Bonchev–Trinajstić information content (AvgIpc) is 2.47. The number of anilines is 1. The number of hydrogen-bond donors (Lipinski definition) is 2. The third-order valence-corrected chi connectivity index (χ3v) is 2.86. The smallest absolute Gasteiger partial charge is 0.271 e. The van der Waals surface area contributed by atoms with E-state index in [1.54, 1.807) is 0 Å². The predicted octanol–water partition coefficient (Wildman–Crippen LogP) is -0.605. The molecule has 0 fully saturated rings. The standard InChI is InChI=1S/C12H14N4O5/c13-3-4-14-11(17)6-15-9-5-8(16(19)20)1-2-10(9)21-7-12(15)18/h1-2,5H,3-4,6-7,13H2,(H,14,17). The van der Waals surface area contributed by atoms with Crippen molar-refractivity contribution in [3.8, 4) is 5.75 Å². The van der Waals surface area contributed by atoms with E-state index >= 15 is 0 Å². The lowest BCUT2D eigenvalue weighted by atomic mass is 10.2. The lowest BCUT2D eigenvalue weighted by Crippen LogP contribution is -2.45. The van der Waals surface area contributed by atoms with Crippen LogP contribution in [0.25, 0.3) is 0 Å². The van der Waals surface area contributed by atoms with Crippen molar-refractivity contribution < 1.29 is 19.2 Å². The van der Waals surface area contributed by atoms with Gasteiger partial charge in [0.05, 0.1) is 10.6 Å². The van der Waals surface area contributed by atoms with Gasteiger partial charge in [-0.2, -0.15) is 0 Å². The summed E-state index contributed by atoms with van der Waals surface area (Å²) in [4.78, 5) is 35.0. The zero-order chi connectivity index (χ0) is 15.4. The van der Waals surface area contributed by atoms with E-state index in [0.717, 1.165) is 4.90 Å². The summed E-state index contributed by atoms with van der Waals surface area (Å²) in [6.45, 7) is 0.120. The minimum absolute atomic E-state index is 0.181. The molecule has 0 unspecified atom stereocenters. The van der Waals surface area contributed by atoms with Gasteiger partial charge in [0.25, 0.3) is 11.6 Å². The largest absolute Gasteiger partial charge is 0.482 e. The van der Waals surface area contributed by atoms with Crippen molar-refractivity contribution in [2.24, 2.45) is 5.73 Å². The second-order valence-corrected chi connectivity index (χ2v) is 4.32. The van der Waals surface area contributed by atoms with E-state index in [1.807, 2.05) is 0 Å². The number of non-ortho nitro benzene ring substituents is 1. The first-order valence-electron chi connectivity index (χ1n) is 6.21. The molecule has 0 aromatic heterocycles. The molecule has 112 valence electrons. The van der Waals surface area contributed by atoms with Gasteiger partial charge in [0.15, 0.2) is 6.61 Å². The van der Waals surface area contributed by atoms with Crippen LogP contribution >= 0.6 is 0 Å². The van der Waals surface area contributed by atoms with Crippen LogP contribution in [0.1, 0.15) is 0 Å². The maximum Gasteiger partial charge on any atom is 0.271 e. The second-order valence-electron chi connectivity index (χ2n) is 4.32. The quantitative estimate of drug-likeness (QED) is 0.551. The molecule has 21 heavy (non-hydrogen) atoms. The Labute approximate surface area is 119 Å². The van der Waals surface area contributed by atoms with Gasteiger partial charge in [-0.25, -0.2) is 0 Å². The van der Waals surface area contributed by atoms with E-state index in [4.69, 9.17) is 10.5 Å². The molecule has 0 radical (unpaired) electrons. The lowest BCUT2D eigenvalue weighted by Gasteiger charge is -2.28. The number of fused-ring (bicyclic) bond motifs is 1. The number of nitrogens with one attached hydrogen (secondary N) is 1. The molecule has 1 heterocycles. The molecule has 1 aromatic rings. The molecule has 0 saturated heterocycles. The summed E-state index contributed by atoms with van der Waals surface area (Å²) >= 11 is 0. The van der Waals surface area contributed by atoms with Crippen molar-refractivity contribution in [1.29, 1.82) is 0 Å². The Morgan fingerprint density at radius 3 is 2.95 bits per heavy atom. The zero-order valence-corrected chi connectivity index (χ0v) is 11.1. The first-order chi connectivity index (χ1) is 10.0. The Hall–Kier alpha value is -2.68. The Morgan fingerprint density at radius 2 is 2.29 bits per heavy atom. The van der Waals surface area contributed by atoms with Crippen molar-refractivity contribution in [2.75, 3.05) is 31.1 Å². The highest BCUT2D eigenvalue weighted by Crippen LogP contribution is 2.34. The van der Waals surface area contributed by atoms with Crippen LogP contribution < -0.4 is 20.7 Å². The Morgan fingerprint density at radius 1 is 1.52 bits per heavy atom. The minimum atomic E-state index is -0.577. The van der Waals surface area contributed by atoms with Crippen LogP contribution in [0.5, 0.6) is 5.75 Å². The highest BCUT2D eigenvalue weighted by atomic mass is 16.6. The van der Waals surface area contributed by atoms with Gasteiger partial charge in [-0.15, -0.1) is 0 Å². The molecule has 0 spiro atoms. The molecule has 3 N–H and O–H groups in total. The SMILES string of the molecule is NCCNC(=O)CN1C(=O)COc2ccc([N+](=O)[O-])cc21. The van der Waals surface area contributed by atoms with Crippen LogP contribution in [0.4, 0.5) is 11.4 Å². The Bertz CT molecular complexity index is 589. The lowest BCUT2D eigenvalue weighted by molar-refractivity contribution is -0.384. The number of nitrogens with two attached hydrogens (primary N) is 1. The topological polar surface area (TPSA) is 128 Å². The van der Waals surface area contributed by atoms with E-state index in [9.17, 15) is 19.7 Å². The fraction of sp³-hybridized carbons (Fsp3) is 0.333. The summed E-state index contributed by atoms with van der Waals surface area (Å²) in [5, 5.41) is 13.3. The molecule has 0 atom stereocenters. The number of hydrogen-bond acceptors (Lipinski definition) is 6. The summed E-state index contributed by atoms with van der Waals surface area (Å²) < 4.78 is 5.20. The Balaban J connectivity index is 2.26. The van der Waals surface area contributed by atoms with Gasteiger partial charge < -0.3 is 15.8 Å². The number of carbonyl (C=O) groups is 2. The first kappa shape index (κ1) is 14.7. The maximum atomic E-state index is 11.9. The average molecular weight is 294 g/mol. The molecule has 1 aliphatic rings. The van der Waals surface area contributed by atoms with Crippen LogP contribution in [-0.2, 0) is 9.59 Å². The van der Waals surface area contributed by atoms with Crippen LogP contribution in [0.15, 0.2) is 18.2 Å². The van der Waals surface area contributed by atoms with Crippen LogP contribution in [0.2, 0.25) is 0 Å². The fourth-order valence-corrected chi connectivity index (χ4v) is 1.89. The third kappa shape index (κ3) is 3.26. The van der Waals surface area contributed by atoms with Gasteiger partial charge in [-0.1, -0.05) is 0 Å². The first-order valence-corrected chi connectivity index (χ1v) is 6.21. The second kappa shape index (κ2) is 6.18. The van der Waals surface area contributed by atoms with Gasteiger partial charge in [-0.3, -0.25) is 24.6 Å². The van der Waals surface area contributed by atoms with Gasteiger partial charge in [0, 0.05) is 25.2 Å².